The number of nitrogens with zero attached hydrogens (tertiary/aromatic N) is 1. The fourth-order valence-corrected chi connectivity index (χ4v) is 3.44. The first kappa shape index (κ1) is 22.7. The Morgan fingerprint density at radius 1 is 1.06 bits per heavy atom. The van der Waals surface area contributed by atoms with Gasteiger partial charge in [-0.25, -0.2) is 4.79 Å². The molecule has 0 radical (unpaired) electrons. The fraction of sp³-hybridized carbons (Fsp3) is 0.423. The SMILES string of the molecule is C=Cc1ccc(OCC2CCN(C(=O)OC(C)(C)C)CC2)c(OCc2ccccc2)c1. The maximum absolute atomic E-state index is 12.2. The number of likely N-dealkylation sites (tertiary alicyclic amines) is 1. The van der Waals surface area contributed by atoms with E-state index in [4.69, 9.17) is 14.2 Å². The van der Waals surface area contributed by atoms with E-state index >= 15 is 0 Å². The quantitative estimate of drug-likeness (QED) is 0.553. The molecule has 5 nitrogen and oxygen atoms in total. The Morgan fingerprint density at radius 3 is 2.42 bits per heavy atom. The molecule has 1 fully saturated rings. The molecular weight excluding hydrogens is 390 g/mol. The number of hydrogen-bond donors (Lipinski definition) is 0. The zero-order valence-electron chi connectivity index (χ0n) is 18.8. The van der Waals surface area contributed by atoms with Gasteiger partial charge in [-0.15, -0.1) is 0 Å². The third kappa shape index (κ3) is 7.06. The highest BCUT2D eigenvalue weighted by atomic mass is 16.6. The van der Waals surface area contributed by atoms with Crippen molar-refractivity contribution >= 4 is 12.2 Å². The lowest BCUT2D eigenvalue weighted by Crippen LogP contribution is -2.42. The molecule has 3 rings (SSSR count). The smallest absolute Gasteiger partial charge is 0.410 e. The lowest BCUT2D eigenvalue weighted by atomic mass is 9.98. The molecule has 0 saturated carbocycles. The molecule has 1 saturated heterocycles. The van der Waals surface area contributed by atoms with E-state index in [9.17, 15) is 4.79 Å². The molecule has 166 valence electrons. The van der Waals surface area contributed by atoms with Crippen LogP contribution in [0.15, 0.2) is 55.1 Å². The first-order valence-corrected chi connectivity index (χ1v) is 10.9. The summed E-state index contributed by atoms with van der Waals surface area (Å²) >= 11 is 0. The van der Waals surface area contributed by atoms with Crippen molar-refractivity contribution < 1.29 is 19.0 Å². The van der Waals surface area contributed by atoms with Crippen molar-refractivity contribution in [2.24, 2.45) is 5.92 Å². The number of rotatable bonds is 7. The van der Waals surface area contributed by atoms with Gasteiger partial charge in [0.2, 0.25) is 0 Å². The molecule has 5 heteroatoms. The van der Waals surface area contributed by atoms with Crippen LogP contribution in [0.2, 0.25) is 0 Å². The van der Waals surface area contributed by atoms with Crippen LogP contribution in [0.1, 0.15) is 44.7 Å². The van der Waals surface area contributed by atoms with Gasteiger partial charge in [0, 0.05) is 13.1 Å². The second-order valence-corrected chi connectivity index (χ2v) is 8.91. The maximum Gasteiger partial charge on any atom is 0.410 e. The number of benzene rings is 2. The predicted molar refractivity (Wildman–Crippen MR) is 123 cm³/mol. The minimum atomic E-state index is -0.467. The summed E-state index contributed by atoms with van der Waals surface area (Å²) < 4.78 is 17.7. The van der Waals surface area contributed by atoms with Crippen LogP contribution in [-0.4, -0.2) is 36.3 Å². The molecule has 0 N–H and O–H groups in total. The summed E-state index contributed by atoms with van der Waals surface area (Å²) in [6.07, 6.45) is 3.35. The Balaban J connectivity index is 1.54. The highest BCUT2D eigenvalue weighted by Crippen LogP contribution is 2.31. The summed E-state index contributed by atoms with van der Waals surface area (Å²) in [5.41, 5.74) is 1.62. The van der Waals surface area contributed by atoms with Gasteiger partial charge in [0.1, 0.15) is 12.2 Å². The molecule has 2 aromatic rings. The zero-order chi connectivity index (χ0) is 22.3. The van der Waals surface area contributed by atoms with Crippen LogP contribution in [0.3, 0.4) is 0 Å². The standard InChI is InChI=1S/C26H33NO4/c1-5-20-11-12-23(24(17-20)30-18-21-9-7-6-8-10-21)29-19-22-13-15-27(16-14-22)25(28)31-26(2,3)4/h5-12,17,22H,1,13-16,18-19H2,2-4H3. The van der Waals surface area contributed by atoms with Crippen LogP contribution in [0.25, 0.3) is 6.08 Å². The van der Waals surface area contributed by atoms with E-state index in [2.05, 4.69) is 6.58 Å². The molecule has 1 aliphatic rings. The average Bonchev–Trinajstić information content (AvgIpc) is 2.76. The summed E-state index contributed by atoms with van der Waals surface area (Å²) in [6.45, 7) is 12.0. The normalized spacial score (nSPS) is 14.7. The molecule has 0 aromatic heterocycles. The summed E-state index contributed by atoms with van der Waals surface area (Å²) in [7, 11) is 0. The highest BCUT2D eigenvalue weighted by molar-refractivity contribution is 5.68. The summed E-state index contributed by atoms with van der Waals surface area (Å²) in [6, 6.07) is 15.9. The van der Waals surface area contributed by atoms with Crippen molar-refractivity contribution in [3.05, 3.63) is 66.2 Å². The van der Waals surface area contributed by atoms with Gasteiger partial charge < -0.3 is 19.1 Å². The maximum atomic E-state index is 12.2. The predicted octanol–water partition coefficient (Wildman–Crippen LogP) is 5.93. The van der Waals surface area contributed by atoms with E-state index in [-0.39, 0.29) is 6.09 Å². The topological polar surface area (TPSA) is 48.0 Å². The van der Waals surface area contributed by atoms with Gasteiger partial charge in [-0.2, -0.15) is 0 Å². The van der Waals surface area contributed by atoms with Gasteiger partial charge in [0.15, 0.2) is 11.5 Å². The largest absolute Gasteiger partial charge is 0.489 e. The van der Waals surface area contributed by atoms with Crippen molar-refractivity contribution in [1.29, 1.82) is 0 Å². The molecule has 0 aliphatic carbocycles. The van der Waals surface area contributed by atoms with Gasteiger partial charge in [-0.1, -0.05) is 49.1 Å². The van der Waals surface area contributed by atoms with Crippen LogP contribution in [0.5, 0.6) is 11.5 Å². The van der Waals surface area contributed by atoms with E-state index in [0.29, 0.717) is 38.0 Å². The number of piperidine rings is 1. The Morgan fingerprint density at radius 2 is 1.77 bits per heavy atom. The van der Waals surface area contributed by atoms with Crippen molar-refractivity contribution in [3.8, 4) is 11.5 Å². The first-order valence-electron chi connectivity index (χ1n) is 10.9. The lowest BCUT2D eigenvalue weighted by Gasteiger charge is -2.33. The van der Waals surface area contributed by atoms with E-state index in [1.54, 1.807) is 11.0 Å². The monoisotopic (exact) mass is 423 g/mol. The Kier molecular flexibility index (Phi) is 7.61. The molecule has 0 bridgehead atoms. The van der Waals surface area contributed by atoms with E-state index in [1.807, 2.05) is 69.3 Å². The average molecular weight is 424 g/mol. The molecule has 0 unspecified atom stereocenters. The molecular formula is C26H33NO4. The molecule has 1 amide bonds. The van der Waals surface area contributed by atoms with E-state index in [1.165, 1.54) is 0 Å². The van der Waals surface area contributed by atoms with Crippen LogP contribution in [-0.2, 0) is 11.3 Å². The number of carbonyl (C=O) groups is 1. The molecule has 31 heavy (non-hydrogen) atoms. The number of hydrogen-bond acceptors (Lipinski definition) is 4. The third-order valence-corrected chi connectivity index (χ3v) is 5.18. The van der Waals surface area contributed by atoms with Crippen LogP contribution < -0.4 is 9.47 Å². The van der Waals surface area contributed by atoms with Gasteiger partial charge in [-0.05, 0) is 62.8 Å². The van der Waals surface area contributed by atoms with Crippen LogP contribution in [0.4, 0.5) is 4.79 Å². The first-order chi connectivity index (χ1) is 14.8. The van der Waals surface area contributed by atoms with Crippen LogP contribution >= 0.6 is 0 Å². The summed E-state index contributed by atoms with van der Waals surface area (Å²) in [5.74, 6) is 1.84. The molecule has 1 aliphatic heterocycles. The second kappa shape index (κ2) is 10.4. The highest BCUT2D eigenvalue weighted by Gasteiger charge is 2.27. The zero-order valence-corrected chi connectivity index (χ0v) is 18.8. The number of ether oxygens (including phenoxy) is 3. The van der Waals surface area contributed by atoms with Gasteiger partial charge in [0.05, 0.1) is 6.61 Å². The molecule has 1 heterocycles. The fourth-order valence-electron chi connectivity index (χ4n) is 3.44. The van der Waals surface area contributed by atoms with Gasteiger partial charge in [-0.3, -0.25) is 0 Å². The molecule has 0 spiro atoms. The Labute approximate surface area is 185 Å². The lowest BCUT2D eigenvalue weighted by molar-refractivity contribution is 0.0164. The van der Waals surface area contributed by atoms with Crippen molar-refractivity contribution in [1.82, 2.24) is 4.90 Å². The third-order valence-electron chi connectivity index (χ3n) is 5.18. The Bertz CT molecular complexity index is 865. The van der Waals surface area contributed by atoms with Gasteiger partial charge in [0.25, 0.3) is 0 Å². The van der Waals surface area contributed by atoms with Crippen molar-refractivity contribution in [2.75, 3.05) is 19.7 Å². The second-order valence-electron chi connectivity index (χ2n) is 8.91. The van der Waals surface area contributed by atoms with E-state index in [0.717, 1.165) is 29.7 Å². The van der Waals surface area contributed by atoms with Crippen molar-refractivity contribution in [2.45, 2.75) is 45.8 Å². The van der Waals surface area contributed by atoms with Crippen molar-refractivity contribution in [3.63, 3.8) is 0 Å². The number of amides is 1. The summed E-state index contributed by atoms with van der Waals surface area (Å²) in [5, 5.41) is 0. The molecule has 0 atom stereocenters. The van der Waals surface area contributed by atoms with E-state index < -0.39 is 5.60 Å². The Hall–Kier alpha value is -2.95. The minimum Gasteiger partial charge on any atom is -0.489 e. The van der Waals surface area contributed by atoms with Gasteiger partial charge >= 0.3 is 6.09 Å². The number of carbonyl (C=O) groups excluding carboxylic acids is 1. The minimum absolute atomic E-state index is 0.233. The van der Waals surface area contributed by atoms with Crippen LogP contribution in [0, 0.1) is 5.92 Å². The molecule has 2 aromatic carbocycles. The summed E-state index contributed by atoms with van der Waals surface area (Å²) in [4.78, 5) is 14.0.